The fourth-order valence-corrected chi connectivity index (χ4v) is 6.15. The average molecular weight is 602 g/mol. The maximum absolute atomic E-state index is 5.36. The van der Waals surface area contributed by atoms with Gasteiger partial charge in [0.15, 0.2) is 0 Å². The highest BCUT2D eigenvalue weighted by atomic mass is 15.1. The van der Waals surface area contributed by atoms with Crippen LogP contribution in [0.3, 0.4) is 0 Å². The SMILES string of the molecule is c1ccc(-c2ccc(-c3cccc4nc(-c5ccc(N(c6ccccc6)c6ccccc6)cc5)c(-c5ccccc5)nc34)cc2)cc1. The van der Waals surface area contributed by atoms with Gasteiger partial charge in [-0.3, -0.25) is 0 Å². The molecule has 0 aliphatic carbocycles. The van der Waals surface area contributed by atoms with Gasteiger partial charge < -0.3 is 4.90 Å². The molecule has 0 amide bonds. The molecule has 0 bridgehead atoms. The Balaban J connectivity index is 1.23. The van der Waals surface area contributed by atoms with E-state index in [0.29, 0.717) is 0 Å². The van der Waals surface area contributed by atoms with Crippen molar-refractivity contribution >= 4 is 28.1 Å². The van der Waals surface area contributed by atoms with E-state index in [4.69, 9.17) is 9.97 Å². The van der Waals surface area contributed by atoms with Gasteiger partial charge in [0.25, 0.3) is 0 Å². The van der Waals surface area contributed by atoms with Gasteiger partial charge >= 0.3 is 0 Å². The number of aromatic nitrogens is 2. The van der Waals surface area contributed by atoms with Crippen LogP contribution in [0.2, 0.25) is 0 Å². The first-order valence-electron chi connectivity index (χ1n) is 15.8. The van der Waals surface area contributed by atoms with Crippen LogP contribution in [-0.2, 0) is 0 Å². The molecule has 1 heterocycles. The number of benzene rings is 7. The van der Waals surface area contributed by atoms with Gasteiger partial charge in [-0.15, -0.1) is 0 Å². The zero-order valence-electron chi connectivity index (χ0n) is 25.7. The lowest BCUT2D eigenvalue weighted by Gasteiger charge is -2.25. The fourth-order valence-electron chi connectivity index (χ4n) is 6.15. The van der Waals surface area contributed by atoms with E-state index in [1.165, 1.54) is 11.1 Å². The molecular weight excluding hydrogens is 571 g/mol. The van der Waals surface area contributed by atoms with E-state index < -0.39 is 0 Å². The Morgan fingerprint density at radius 2 is 0.723 bits per heavy atom. The molecule has 0 saturated carbocycles. The summed E-state index contributed by atoms with van der Waals surface area (Å²) in [5.74, 6) is 0. The van der Waals surface area contributed by atoms with Crippen LogP contribution >= 0.6 is 0 Å². The second-order valence-electron chi connectivity index (χ2n) is 11.5. The van der Waals surface area contributed by atoms with Crippen LogP contribution in [0.4, 0.5) is 17.1 Å². The Morgan fingerprint density at radius 3 is 1.32 bits per heavy atom. The van der Waals surface area contributed by atoms with Gasteiger partial charge in [-0.25, -0.2) is 9.97 Å². The molecule has 0 atom stereocenters. The van der Waals surface area contributed by atoms with Gasteiger partial charge in [0, 0.05) is 33.8 Å². The number of hydrogen-bond acceptors (Lipinski definition) is 3. The summed E-state index contributed by atoms with van der Waals surface area (Å²) in [7, 11) is 0. The van der Waals surface area contributed by atoms with Crippen molar-refractivity contribution in [2.75, 3.05) is 4.90 Å². The minimum absolute atomic E-state index is 0.859. The highest BCUT2D eigenvalue weighted by Crippen LogP contribution is 2.38. The Morgan fingerprint density at radius 1 is 0.298 bits per heavy atom. The third-order valence-electron chi connectivity index (χ3n) is 8.47. The molecule has 3 nitrogen and oxygen atoms in total. The molecule has 0 spiro atoms. The quantitative estimate of drug-likeness (QED) is 0.182. The average Bonchev–Trinajstić information content (AvgIpc) is 3.16. The maximum Gasteiger partial charge on any atom is 0.0973 e. The second kappa shape index (κ2) is 12.6. The molecule has 0 aliphatic rings. The van der Waals surface area contributed by atoms with Crippen LogP contribution in [0, 0.1) is 0 Å². The first-order valence-corrected chi connectivity index (χ1v) is 15.8. The van der Waals surface area contributed by atoms with Crippen LogP contribution in [0.5, 0.6) is 0 Å². The first-order chi connectivity index (χ1) is 23.3. The molecule has 0 unspecified atom stereocenters. The molecular formula is C44H31N3. The van der Waals surface area contributed by atoms with Crippen LogP contribution in [-0.4, -0.2) is 9.97 Å². The van der Waals surface area contributed by atoms with E-state index in [0.717, 1.165) is 61.7 Å². The van der Waals surface area contributed by atoms with Crippen LogP contribution in [0.15, 0.2) is 188 Å². The van der Waals surface area contributed by atoms with E-state index in [1.807, 2.05) is 24.3 Å². The Kier molecular flexibility index (Phi) is 7.54. The lowest BCUT2D eigenvalue weighted by atomic mass is 9.98. The maximum atomic E-state index is 5.36. The van der Waals surface area contributed by atoms with Gasteiger partial charge in [0.1, 0.15) is 0 Å². The third-order valence-corrected chi connectivity index (χ3v) is 8.47. The smallest absolute Gasteiger partial charge is 0.0973 e. The van der Waals surface area contributed by atoms with Crippen molar-refractivity contribution < 1.29 is 0 Å². The van der Waals surface area contributed by atoms with Gasteiger partial charge in [0.2, 0.25) is 0 Å². The van der Waals surface area contributed by atoms with Gasteiger partial charge in [-0.2, -0.15) is 0 Å². The summed E-state index contributed by atoms with van der Waals surface area (Å²) in [6, 6.07) is 65.4. The first kappa shape index (κ1) is 28.2. The van der Waals surface area contributed by atoms with Crippen molar-refractivity contribution in [1.29, 1.82) is 0 Å². The van der Waals surface area contributed by atoms with E-state index in [1.54, 1.807) is 0 Å². The summed E-state index contributed by atoms with van der Waals surface area (Å²) >= 11 is 0. The Hall–Kier alpha value is -6.32. The Labute approximate surface area is 275 Å². The molecule has 8 rings (SSSR count). The second-order valence-corrected chi connectivity index (χ2v) is 11.5. The molecule has 7 aromatic carbocycles. The topological polar surface area (TPSA) is 29.0 Å². The summed E-state index contributed by atoms with van der Waals surface area (Å²) in [5, 5.41) is 0. The van der Waals surface area contributed by atoms with E-state index >= 15 is 0 Å². The monoisotopic (exact) mass is 601 g/mol. The molecule has 0 saturated heterocycles. The zero-order chi connectivity index (χ0) is 31.4. The van der Waals surface area contributed by atoms with Gasteiger partial charge in [-0.05, 0) is 59.2 Å². The van der Waals surface area contributed by atoms with E-state index in [9.17, 15) is 0 Å². The summed E-state index contributed by atoms with van der Waals surface area (Å²) in [6.45, 7) is 0. The number of para-hydroxylation sites is 3. The molecule has 47 heavy (non-hydrogen) atoms. The molecule has 8 aromatic rings. The van der Waals surface area contributed by atoms with Crippen molar-refractivity contribution in [2.45, 2.75) is 0 Å². The number of hydrogen-bond donors (Lipinski definition) is 0. The standard InChI is InChI=1S/C44H31N3/c1-5-14-32(15-6-1)33-24-26-34(27-25-33)40-22-13-23-41-44(40)46-43(35-16-7-2-8-17-35)42(45-41)36-28-30-39(31-29-36)47(37-18-9-3-10-19-37)38-20-11-4-12-21-38/h1-31H. The van der Waals surface area contributed by atoms with Crippen molar-refractivity contribution in [1.82, 2.24) is 9.97 Å². The van der Waals surface area contributed by atoms with Gasteiger partial charge in [-0.1, -0.05) is 146 Å². The third kappa shape index (κ3) is 5.67. The van der Waals surface area contributed by atoms with Crippen molar-refractivity contribution in [2.24, 2.45) is 0 Å². The number of fused-ring (bicyclic) bond motifs is 1. The molecule has 0 aliphatic heterocycles. The minimum Gasteiger partial charge on any atom is -0.311 e. The largest absolute Gasteiger partial charge is 0.311 e. The fraction of sp³-hybridized carbons (Fsp3) is 0. The lowest BCUT2D eigenvalue weighted by Crippen LogP contribution is -2.09. The lowest BCUT2D eigenvalue weighted by molar-refractivity contribution is 1.27. The molecule has 0 radical (unpaired) electrons. The highest BCUT2D eigenvalue weighted by Gasteiger charge is 2.17. The van der Waals surface area contributed by atoms with Crippen LogP contribution < -0.4 is 4.90 Å². The predicted molar refractivity (Wildman–Crippen MR) is 196 cm³/mol. The minimum atomic E-state index is 0.859. The molecule has 222 valence electrons. The van der Waals surface area contributed by atoms with Crippen LogP contribution in [0.25, 0.3) is 55.8 Å². The zero-order valence-corrected chi connectivity index (χ0v) is 25.7. The number of rotatable bonds is 7. The molecule has 0 N–H and O–H groups in total. The highest BCUT2D eigenvalue weighted by molar-refractivity contribution is 5.96. The summed E-state index contributed by atoms with van der Waals surface area (Å²) in [6.07, 6.45) is 0. The molecule has 3 heteroatoms. The van der Waals surface area contributed by atoms with Crippen LogP contribution in [0.1, 0.15) is 0 Å². The summed E-state index contributed by atoms with van der Waals surface area (Å²) < 4.78 is 0. The Bertz CT molecular complexity index is 2210. The molecule has 0 fully saturated rings. The van der Waals surface area contributed by atoms with Crippen molar-refractivity contribution in [3.8, 4) is 44.8 Å². The predicted octanol–water partition coefficient (Wildman–Crippen LogP) is 11.8. The van der Waals surface area contributed by atoms with Gasteiger partial charge in [0.05, 0.1) is 22.4 Å². The summed E-state index contributed by atoms with van der Waals surface area (Å²) in [4.78, 5) is 12.9. The van der Waals surface area contributed by atoms with Crippen molar-refractivity contribution in [3.05, 3.63) is 188 Å². The number of nitrogens with zero attached hydrogens (tertiary/aromatic N) is 3. The number of anilines is 3. The van der Waals surface area contributed by atoms with E-state index in [2.05, 4.69) is 169 Å². The van der Waals surface area contributed by atoms with E-state index in [-0.39, 0.29) is 0 Å². The normalized spacial score (nSPS) is 11.0. The van der Waals surface area contributed by atoms with Crippen molar-refractivity contribution in [3.63, 3.8) is 0 Å². The molecule has 1 aromatic heterocycles. The summed E-state index contributed by atoms with van der Waals surface area (Å²) in [5.41, 5.74) is 13.4.